The molecule has 1 N–H and O–H groups in total. The monoisotopic (exact) mass is 403 g/mol. The second-order valence-corrected chi connectivity index (χ2v) is 8.34. The average Bonchev–Trinajstić information content (AvgIpc) is 2.70. The van der Waals surface area contributed by atoms with Gasteiger partial charge in [-0.1, -0.05) is 72.3 Å². The van der Waals surface area contributed by atoms with E-state index >= 15 is 0 Å². The van der Waals surface area contributed by atoms with Gasteiger partial charge in [0.05, 0.1) is 6.04 Å². The van der Waals surface area contributed by atoms with Crippen LogP contribution in [0.4, 0.5) is 4.79 Å². The zero-order chi connectivity index (χ0) is 21.6. The molecule has 0 aromatic heterocycles. The lowest BCUT2D eigenvalue weighted by Gasteiger charge is -2.24. The first-order valence-electron chi connectivity index (χ1n) is 10.1. The molecule has 0 fully saturated rings. The highest BCUT2D eigenvalue weighted by Crippen LogP contribution is 2.26. The summed E-state index contributed by atoms with van der Waals surface area (Å²) in [5.41, 5.74) is 3.65. The molecule has 0 unspecified atom stereocenters. The molecule has 0 saturated heterocycles. The molecule has 0 spiro atoms. The van der Waals surface area contributed by atoms with Gasteiger partial charge in [0.15, 0.2) is 0 Å². The van der Waals surface area contributed by atoms with Crippen molar-refractivity contribution in [3.05, 3.63) is 101 Å². The third-order valence-corrected chi connectivity index (χ3v) is 4.47. The molecule has 4 nitrogen and oxygen atoms in total. The molecular formula is C26H29NO3. The number of carbonyl (C=O) groups excluding carboxylic acids is 1. The maximum absolute atomic E-state index is 12.5. The molecule has 0 radical (unpaired) electrons. The van der Waals surface area contributed by atoms with E-state index in [9.17, 15) is 4.79 Å². The molecule has 30 heavy (non-hydrogen) atoms. The van der Waals surface area contributed by atoms with E-state index in [-0.39, 0.29) is 6.04 Å². The fraction of sp³-hybridized carbons (Fsp3) is 0.269. The first-order chi connectivity index (χ1) is 14.3. The minimum Gasteiger partial charge on any atom is -0.489 e. The van der Waals surface area contributed by atoms with Crippen molar-refractivity contribution in [3.63, 3.8) is 0 Å². The number of benzene rings is 3. The third kappa shape index (κ3) is 6.38. The highest BCUT2D eigenvalue weighted by Gasteiger charge is 2.22. The van der Waals surface area contributed by atoms with Crippen LogP contribution >= 0.6 is 0 Å². The van der Waals surface area contributed by atoms with Gasteiger partial charge in [0.25, 0.3) is 0 Å². The third-order valence-electron chi connectivity index (χ3n) is 4.47. The van der Waals surface area contributed by atoms with Crippen LogP contribution in [0.3, 0.4) is 0 Å². The van der Waals surface area contributed by atoms with E-state index < -0.39 is 11.7 Å². The van der Waals surface area contributed by atoms with Crippen molar-refractivity contribution in [1.29, 1.82) is 0 Å². The van der Waals surface area contributed by atoms with Gasteiger partial charge in [-0.3, -0.25) is 0 Å². The molecule has 1 amide bonds. The lowest BCUT2D eigenvalue weighted by Crippen LogP contribution is -2.35. The first kappa shape index (κ1) is 21.4. The van der Waals surface area contributed by atoms with E-state index in [0.717, 1.165) is 22.4 Å². The number of nitrogens with one attached hydrogen (secondary N) is 1. The summed E-state index contributed by atoms with van der Waals surface area (Å²) >= 11 is 0. The first-order valence-corrected chi connectivity index (χ1v) is 10.1. The van der Waals surface area contributed by atoms with E-state index in [1.54, 1.807) is 0 Å². The van der Waals surface area contributed by atoms with Crippen LogP contribution in [0.15, 0.2) is 78.9 Å². The number of hydrogen-bond acceptors (Lipinski definition) is 3. The molecule has 0 bridgehead atoms. The van der Waals surface area contributed by atoms with Crippen molar-refractivity contribution >= 4 is 6.09 Å². The van der Waals surface area contributed by atoms with Crippen molar-refractivity contribution in [2.75, 3.05) is 0 Å². The largest absolute Gasteiger partial charge is 0.489 e. The van der Waals surface area contributed by atoms with Gasteiger partial charge in [0.2, 0.25) is 0 Å². The van der Waals surface area contributed by atoms with Crippen LogP contribution in [0.2, 0.25) is 0 Å². The topological polar surface area (TPSA) is 47.6 Å². The van der Waals surface area contributed by atoms with Gasteiger partial charge in [-0.15, -0.1) is 0 Å². The Morgan fingerprint density at radius 1 is 0.900 bits per heavy atom. The van der Waals surface area contributed by atoms with E-state index in [2.05, 4.69) is 24.4 Å². The van der Waals surface area contributed by atoms with Crippen molar-refractivity contribution in [2.24, 2.45) is 0 Å². The van der Waals surface area contributed by atoms with Gasteiger partial charge < -0.3 is 14.8 Å². The Kier molecular flexibility index (Phi) is 6.78. The Hall–Kier alpha value is -3.27. The Morgan fingerprint density at radius 3 is 2.30 bits per heavy atom. The zero-order valence-corrected chi connectivity index (χ0v) is 18.0. The number of hydrogen-bond donors (Lipinski definition) is 1. The van der Waals surface area contributed by atoms with E-state index in [4.69, 9.17) is 9.47 Å². The minimum atomic E-state index is -0.565. The smallest absolute Gasteiger partial charge is 0.408 e. The molecule has 3 aromatic carbocycles. The SMILES string of the molecule is Cc1cccc(COc2cccc([C@@H](NC(=O)OC(C)(C)C)c3ccccc3)c2)c1. The van der Waals surface area contributed by atoms with Crippen LogP contribution in [0.25, 0.3) is 0 Å². The number of rotatable bonds is 6. The van der Waals surface area contributed by atoms with Crippen molar-refractivity contribution < 1.29 is 14.3 Å². The predicted molar refractivity (Wildman–Crippen MR) is 120 cm³/mol. The average molecular weight is 404 g/mol. The molecular weight excluding hydrogens is 374 g/mol. The summed E-state index contributed by atoms with van der Waals surface area (Å²) in [6.45, 7) is 8.11. The highest BCUT2D eigenvalue weighted by atomic mass is 16.6. The summed E-state index contributed by atoms with van der Waals surface area (Å²) in [7, 11) is 0. The number of aryl methyl sites for hydroxylation is 1. The van der Waals surface area contributed by atoms with Crippen molar-refractivity contribution in [1.82, 2.24) is 5.32 Å². The molecule has 0 saturated carbocycles. The maximum Gasteiger partial charge on any atom is 0.408 e. The lowest BCUT2D eigenvalue weighted by molar-refractivity contribution is 0.0512. The fourth-order valence-corrected chi connectivity index (χ4v) is 3.18. The minimum absolute atomic E-state index is 0.344. The quantitative estimate of drug-likeness (QED) is 0.534. The number of amides is 1. The predicted octanol–water partition coefficient (Wildman–Crippen LogP) is 6.19. The normalized spacial score (nSPS) is 12.1. The fourth-order valence-electron chi connectivity index (χ4n) is 3.18. The number of ether oxygens (including phenoxy) is 2. The van der Waals surface area contributed by atoms with Crippen LogP contribution in [-0.2, 0) is 11.3 Å². The zero-order valence-electron chi connectivity index (χ0n) is 18.0. The number of carbonyl (C=O) groups is 1. The number of alkyl carbamates (subject to hydrolysis) is 1. The summed E-state index contributed by atoms with van der Waals surface area (Å²) in [6, 6.07) is 25.6. The second-order valence-electron chi connectivity index (χ2n) is 8.34. The molecule has 0 aliphatic heterocycles. The Balaban J connectivity index is 1.81. The summed E-state index contributed by atoms with van der Waals surface area (Å²) in [5, 5.41) is 3.00. The van der Waals surface area contributed by atoms with Crippen molar-refractivity contribution in [3.8, 4) is 5.75 Å². The van der Waals surface area contributed by atoms with E-state index in [1.165, 1.54) is 5.56 Å². The molecule has 0 aliphatic carbocycles. The summed E-state index contributed by atoms with van der Waals surface area (Å²) in [6.07, 6.45) is -0.456. The molecule has 3 aromatic rings. The molecule has 1 atom stereocenters. The van der Waals surface area contributed by atoms with Gasteiger partial charge >= 0.3 is 6.09 Å². The van der Waals surface area contributed by atoms with Crippen LogP contribution < -0.4 is 10.1 Å². The summed E-state index contributed by atoms with van der Waals surface area (Å²) in [5.74, 6) is 0.751. The Bertz CT molecular complexity index is 977. The van der Waals surface area contributed by atoms with Crippen LogP contribution in [0.5, 0.6) is 5.75 Å². The van der Waals surface area contributed by atoms with E-state index in [0.29, 0.717) is 6.61 Å². The highest BCUT2D eigenvalue weighted by molar-refractivity contribution is 5.69. The van der Waals surface area contributed by atoms with E-state index in [1.807, 2.05) is 87.5 Å². The Morgan fingerprint density at radius 2 is 1.60 bits per heavy atom. The van der Waals surface area contributed by atoms with Crippen molar-refractivity contribution in [2.45, 2.75) is 45.9 Å². The van der Waals surface area contributed by atoms with Crippen LogP contribution in [0.1, 0.15) is 49.1 Å². The lowest BCUT2D eigenvalue weighted by atomic mass is 9.98. The van der Waals surface area contributed by atoms with Gasteiger partial charge in [0, 0.05) is 0 Å². The Labute approximate surface area is 178 Å². The molecule has 3 rings (SSSR count). The molecule has 0 aliphatic rings. The summed E-state index contributed by atoms with van der Waals surface area (Å²) in [4.78, 5) is 12.5. The molecule has 156 valence electrons. The van der Waals surface area contributed by atoms with Gasteiger partial charge in [-0.05, 0) is 56.5 Å². The van der Waals surface area contributed by atoms with Crippen LogP contribution in [0, 0.1) is 6.92 Å². The van der Waals surface area contributed by atoms with Gasteiger partial charge in [-0.2, -0.15) is 0 Å². The molecule has 0 heterocycles. The van der Waals surface area contributed by atoms with Gasteiger partial charge in [0.1, 0.15) is 18.0 Å². The molecule has 4 heteroatoms. The maximum atomic E-state index is 12.5. The summed E-state index contributed by atoms with van der Waals surface area (Å²) < 4.78 is 11.5. The second kappa shape index (κ2) is 9.49. The standard InChI is InChI=1S/C26H29NO3/c1-19-10-8-11-20(16-19)18-29-23-15-9-14-22(17-23)24(21-12-6-5-7-13-21)27-25(28)30-26(2,3)4/h5-17,24H,18H2,1-4H3,(H,27,28)/t24-/m0/s1. The van der Waals surface area contributed by atoms with Crippen LogP contribution in [-0.4, -0.2) is 11.7 Å². The van der Waals surface area contributed by atoms with Gasteiger partial charge in [-0.25, -0.2) is 4.79 Å².